The molecule has 0 aliphatic heterocycles. The summed E-state index contributed by atoms with van der Waals surface area (Å²) in [6.45, 7) is 9.38. The van der Waals surface area contributed by atoms with Gasteiger partial charge in [-0.05, 0) is 43.0 Å². The Bertz CT molecular complexity index is 577. The third-order valence-corrected chi connectivity index (χ3v) is 3.49. The van der Waals surface area contributed by atoms with E-state index < -0.39 is 0 Å². The largest absolute Gasteiger partial charge is 0.491 e. The van der Waals surface area contributed by atoms with Gasteiger partial charge < -0.3 is 10.1 Å². The molecule has 0 radical (unpaired) electrons. The molecule has 0 saturated carbocycles. The van der Waals surface area contributed by atoms with E-state index in [0.717, 1.165) is 18.0 Å². The topological polar surface area (TPSA) is 21.3 Å². The van der Waals surface area contributed by atoms with Gasteiger partial charge in [0.25, 0.3) is 0 Å². The molecule has 0 aliphatic carbocycles. The van der Waals surface area contributed by atoms with Crippen molar-refractivity contribution in [1.29, 1.82) is 0 Å². The zero-order valence-corrected chi connectivity index (χ0v) is 13.4. The maximum absolute atomic E-state index is 5.90. The van der Waals surface area contributed by atoms with Gasteiger partial charge in [0.1, 0.15) is 5.75 Å². The second kappa shape index (κ2) is 7.16. The maximum Gasteiger partial charge on any atom is 0.142 e. The predicted molar refractivity (Wildman–Crippen MR) is 90.0 cm³/mol. The average molecular weight is 283 g/mol. The Balaban J connectivity index is 2.14. The summed E-state index contributed by atoms with van der Waals surface area (Å²) in [4.78, 5) is 0. The summed E-state index contributed by atoms with van der Waals surface area (Å²) in [6.07, 6.45) is 0. The van der Waals surface area contributed by atoms with Crippen LogP contribution in [0.5, 0.6) is 5.75 Å². The van der Waals surface area contributed by atoms with Crippen molar-refractivity contribution in [1.82, 2.24) is 0 Å². The van der Waals surface area contributed by atoms with Crippen molar-refractivity contribution in [3.05, 3.63) is 59.7 Å². The molecule has 0 saturated heterocycles. The van der Waals surface area contributed by atoms with Gasteiger partial charge in [0, 0.05) is 6.04 Å². The van der Waals surface area contributed by atoms with Gasteiger partial charge >= 0.3 is 0 Å². The van der Waals surface area contributed by atoms with E-state index in [2.05, 4.69) is 63.3 Å². The number of nitrogens with one attached hydrogen (secondary N) is 1. The van der Waals surface area contributed by atoms with E-state index in [0.29, 0.717) is 5.92 Å². The lowest BCUT2D eigenvalue weighted by molar-refractivity contribution is 0.272. The Morgan fingerprint density at radius 1 is 0.952 bits per heavy atom. The van der Waals surface area contributed by atoms with Gasteiger partial charge in [-0.15, -0.1) is 0 Å². The highest BCUT2D eigenvalue weighted by Crippen LogP contribution is 2.29. The van der Waals surface area contributed by atoms with Crippen LogP contribution in [0.25, 0.3) is 0 Å². The van der Waals surface area contributed by atoms with Gasteiger partial charge in [0.2, 0.25) is 0 Å². The molecule has 2 aromatic carbocycles. The van der Waals surface area contributed by atoms with Crippen LogP contribution in [0.4, 0.5) is 5.69 Å². The van der Waals surface area contributed by atoms with Crippen molar-refractivity contribution in [2.24, 2.45) is 5.92 Å². The number of hydrogen-bond donors (Lipinski definition) is 1. The lowest BCUT2D eigenvalue weighted by atomic mass is 10.0. The highest BCUT2D eigenvalue weighted by Gasteiger charge is 2.10. The monoisotopic (exact) mass is 283 g/mol. The van der Waals surface area contributed by atoms with Crippen LogP contribution in [0, 0.1) is 12.8 Å². The second-order valence-corrected chi connectivity index (χ2v) is 5.92. The van der Waals surface area contributed by atoms with E-state index in [1.165, 1.54) is 11.1 Å². The first-order valence-electron chi connectivity index (χ1n) is 7.62. The minimum absolute atomic E-state index is 0.245. The Kier molecular flexibility index (Phi) is 5.26. The predicted octanol–water partition coefficient (Wildman–Crippen LogP) is 5.20. The molecular formula is C19H25NO. The molecule has 2 heteroatoms. The fraction of sp³-hybridized carbons (Fsp3) is 0.368. The molecule has 21 heavy (non-hydrogen) atoms. The van der Waals surface area contributed by atoms with Gasteiger partial charge in [0.15, 0.2) is 0 Å². The van der Waals surface area contributed by atoms with Gasteiger partial charge in [-0.25, -0.2) is 0 Å². The zero-order chi connectivity index (χ0) is 15.2. The number of benzene rings is 2. The summed E-state index contributed by atoms with van der Waals surface area (Å²) >= 11 is 0. The molecule has 2 aromatic rings. The first kappa shape index (κ1) is 15.4. The quantitative estimate of drug-likeness (QED) is 0.786. The molecule has 0 amide bonds. The Labute approximate surface area is 128 Å². The van der Waals surface area contributed by atoms with Crippen LogP contribution in [0.1, 0.15) is 37.9 Å². The second-order valence-electron chi connectivity index (χ2n) is 5.92. The van der Waals surface area contributed by atoms with Gasteiger partial charge in [0.05, 0.1) is 12.3 Å². The summed E-state index contributed by atoms with van der Waals surface area (Å²) in [6, 6.07) is 16.9. The van der Waals surface area contributed by atoms with Crippen molar-refractivity contribution in [2.75, 3.05) is 11.9 Å². The third kappa shape index (κ3) is 4.25. The first-order valence-corrected chi connectivity index (χ1v) is 7.62. The third-order valence-electron chi connectivity index (χ3n) is 3.49. The summed E-state index contributed by atoms with van der Waals surface area (Å²) < 4.78 is 5.90. The van der Waals surface area contributed by atoms with E-state index in [1.807, 2.05) is 18.2 Å². The van der Waals surface area contributed by atoms with Crippen LogP contribution in [-0.2, 0) is 0 Å². The summed E-state index contributed by atoms with van der Waals surface area (Å²) in [5.41, 5.74) is 3.67. The Hall–Kier alpha value is -1.96. The molecule has 0 bridgehead atoms. The van der Waals surface area contributed by atoms with Crippen LogP contribution < -0.4 is 10.1 Å². The van der Waals surface area contributed by atoms with Crippen LogP contribution in [0.15, 0.2) is 48.5 Å². The fourth-order valence-corrected chi connectivity index (χ4v) is 2.35. The van der Waals surface area contributed by atoms with E-state index in [-0.39, 0.29) is 6.04 Å². The van der Waals surface area contributed by atoms with E-state index in [9.17, 15) is 0 Å². The minimum Gasteiger partial charge on any atom is -0.491 e. The number of rotatable bonds is 6. The molecule has 0 spiro atoms. The molecule has 1 N–H and O–H groups in total. The number of anilines is 1. The molecule has 1 atom stereocenters. The Morgan fingerprint density at radius 3 is 2.33 bits per heavy atom. The van der Waals surface area contributed by atoms with E-state index >= 15 is 0 Å². The average Bonchev–Trinajstić information content (AvgIpc) is 2.46. The molecule has 112 valence electrons. The fourth-order valence-electron chi connectivity index (χ4n) is 2.35. The number of ether oxygens (including phenoxy) is 1. The number of aryl methyl sites for hydroxylation is 1. The molecule has 2 rings (SSSR count). The minimum atomic E-state index is 0.245. The van der Waals surface area contributed by atoms with Crippen molar-refractivity contribution in [3.8, 4) is 5.75 Å². The zero-order valence-electron chi connectivity index (χ0n) is 13.4. The molecular weight excluding hydrogens is 258 g/mol. The van der Waals surface area contributed by atoms with Crippen molar-refractivity contribution in [2.45, 2.75) is 33.7 Å². The van der Waals surface area contributed by atoms with Crippen LogP contribution in [-0.4, -0.2) is 6.61 Å². The molecule has 2 nitrogen and oxygen atoms in total. The van der Waals surface area contributed by atoms with Gasteiger partial charge in [-0.1, -0.05) is 50.2 Å². The highest BCUT2D eigenvalue weighted by atomic mass is 16.5. The highest BCUT2D eigenvalue weighted by molar-refractivity contribution is 5.57. The first-order chi connectivity index (χ1) is 10.1. The summed E-state index contributed by atoms with van der Waals surface area (Å²) in [7, 11) is 0. The normalized spacial score (nSPS) is 12.2. The van der Waals surface area contributed by atoms with Gasteiger partial charge in [-0.3, -0.25) is 0 Å². The molecule has 0 fully saturated rings. The van der Waals surface area contributed by atoms with Crippen molar-refractivity contribution >= 4 is 5.69 Å². The van der Waals surface area contributed by atoms with E-state index in [1.54, 1.807) is 0 Å². The van der Waals surface area contributed by atoms with Crippen LogP contribution >= 0.6 is 0 Å². The number of para-hydroxylation sites is 2. The summed E-state index contributed by atoms with van der Waals surface area (Å²) in [5.74, 6) is 1.44. The van der Waals surface area contributed by atoms with Crippen molar-refractivity contribution < 1.29 is 4.74 Å². The molecule has 0 aromatic heterocycles. The Morgan fingerprint density at radius 2 is 1.62 bits per heavy atom. The lowest BCUT2D eigenvalue weighted by Gasteiger charge is -2.20. The maximum atomic E-state index is 5.90. The lowest BCUT2D eigenvalue weighted by Crippen LogP contribution is -2.11. The standard InChI is InChI=1S/C19H25NO/c1-14(2)13-21-19-12-8-7-11-18(19)20-16(4)17-10-6-5-9-15(17)3/h5-12,14,16,20H,13H2,1-4H3. The molecule has 0 heterocycles. The smallest absolute Gasteiger partial charge is 0.142 e. The van der Waals surface area contributed by atoms with Crippen LogP contribution in [0.3, 0.4) is 0 Å². The SMILES string of the molecule is Cc1ccccc1C(C)Nc1ccccc1OCC(C)C. The summed E-state index contributed by atoms with van der Waals surface area (Å²) in [5, 5.41) is 3.57. The molecule has 1 unspecified atom stereocenters. The number of hydrogen-bond acceptors (Lipinski definition) is 2. The van der Waals surface area contributed by atoms with E-state index in [4.69, 9.17) is 4.74 Å². The van der Waals surface area contributed by atoms with Crippen LogP contribution in [0.2, 0.25) is 0 Å². The molecule has 0 aliphatic rings. The van der Waals surface area contributed by atoms with Gasteiger partial charge in [-0.2, -0.15) is 0 Å². The van der Waals surface area contributed by atoms with Crippen molar-refractivity contribution in [3.63, 3.8) is 0 Å².